The molecule has 0 heterocycles. The lowest BCUT2D eigenvalue weighted by Crippen LogP contribution is -2.43. The molecule has 2 aromatic carbocycles. The lowest BCUT2D eigenvalue weighted by molar-refractivity contribution is -0.123. The number of carbonyl (C=O) groups is 2. The van der Waals surface area contributed by atoms with Crippen molar-refractivity contribution in [3.05, 3.63) is 63.1 Å². The van der Waals surface area contributed by atoms with Crippen LogP contribution in [-0.4, -0.2) is 18.4 Å². The summed E-state index contributed by atoms with van der Waals surface area (Å²) in [6.07, 6.45) is 0.910. The lowest BCUT2D eigenvalue weighted by atomic mass is 10.2. The normalized spacial score (nSPS) is 10.1. The quantitative estimate of drug-likeness (QED) is 0.740. The van der Waals surface area contributed by atoms with Crippen LogP contribution in [0.4, 0.5) is 0 Å². The SMILES string of the molecule is CCc1ccc(OCC(=O)NNC(=O)c2ccccc2Cl)c(Br)c1. The summed E-state index contributed by atoms with van der Waals surface area (Å²) in [6.45, 7) is 1.82. The molecule has 0 bridgehead atoms. The fourth-order valence-electron chi connectivity index (χ4n) is 1.90. The molecule has 0 fully saturated rings. The summed E-state index contributed by atoms with van der Waals surface area (Å²) >= 11 is 9.31. The predicted molar refractivity (Wildman–Crippen MR) is 96.1 cm³/mol. The number of hydrogen-bond donors (Lipinski definition) is 2. The maximum atomic E-state index is 11.9. The minimum absolute atomic E-state index is 0.229. The number of hydrazine groups is 1. The minimum Gasteiger partial charge on any atom is -0.483 e. The molecule has 0 aromatic heterocycles. The smallest absolute Gasteiger partial charge is 0.276 e. The van der Waals surface area contributed by atoms with Gasteiger partial charge in [-0.05, 0) is 52.2 Å². The molecule has 0 saturated carbocycles. The zero-order valence-corrected chi connectivity index (χ0v) is 15.3. The molecule has 0 aliphatic carbocycles. The van der Waals surface area contributed by atoms with E-state index in [1.54, 1.807) is 30.3 Å². The fourth-order valence-corrected chi connectivity index (χ4v) is 2.66. The Bertz CT molecular complexity index is 752. The van der Waals surface area contributed by atoms with Gasteiger partial charge in [0.15, 0.2) is 6.61 Å². The van der Waals surface area contributed by atoms with Crippen molar-refractivity contribution < 1.29 is 14.3 Å². The molecule has 0 atom stereocenters. The van der Waals surface area contributed by atoms with Crippen molar-refractivity contribution in [3.8, 4) is 5.75 Å². The Labute approximate surface area is 153 Å². The van der Waals surface area contributed by atoms with Gasteiger partial charge >= 0.3 is 0 Å². The molecule has 2 N–H and O–H groups in total. The Morgan fingerprint density at radius 3 is 2.58 bits per heavy atom. The van der Waals surface area contributed by atoms with E-state index in [1.165, 1.54) is 0 Å². The second-order valence-corrected chi connectivity index (χ2v) is 6.15. The summed E-state index contributed by atoms with van der Waals surface area (Å²) in [5.41, 5.74) is 6.01. The van der Waals surface area contributed by atoms with Crippen molar-refractivity contribution in [1.82, 2.24) is 10.9 Å². The standard InChI is InChI=1S/C17H16BrClN2O3/c1-2-11-7-8-15(13(18)9-11)24-10-16(22)20-21-17(23)12-5-3-4-6-14(12)19/h3-9H,2,10H2,1H3,(H,20,22)(H,21,23). The third-order valence-electron chi connectivity index (χ3n) is 3.20. The van der Waals surface area contributed by atoms with E-state index in [-0.39, 0.29) is 12.2 Å². The van der Waals surface area contributed by atoms with Crippen molar-refractivity contribution in [2.75, 3.05) is 6.61 Å². The number of hydrogen-bond acceptors (Lipinski definition) is 3. The van der Waals surface area contributed by atoms with Gasteiger partial charge in [-0.2, -0.15) is 0 Å². The molecule has 2 rings (SSSR count). The van der Waals surface area contributed by atoms with Crippen molar-refractivity contribution >= 4 is 39.3 Å². The van der Waals surface area contributed by atoms with E-state index >= 15 is 0 Å². The molecule has 0 spiro atoms. The highest BCUT2D eigenvalue weighted by atomic mass is 79.9. The van der Waals surface area contributed by atoms with E-state index in [0.29, 0.717) is 10.8 Å². The van der Waals surface area contributed by atoms with Gasteiger partial charge in [-0.1, -0.05) is 36.7 Å². The summed E-state index contributed by atoms with van der Waals surface area (Å²) in [5, 5.41) is 0.306. The number of ether oxygens (including phenoxy) is 1. The Kier molecular flexibility index (Phi) is 6.63. The Morgan fingerprint density at radius 2 is 1.92 bits per heavy atom. The first-order chi connectivity index (χ1) is 11.5. The number of rotatable bonds is 5. The van der Waals surface area contributed by atoms with Gasteiger partial charge < -0.3 is 4.74 Å². The topological polar surface area (TPSA) is 67.4 Å². The van der Waals surface area contributed by atoms with Gasteiger partial charge in [0, 0.05) is 0 Å². The van der Waals surface area contributed by atoms with E-state index in [1.807, 2.05) is 12.1 Å². The first-order valence-corrected chi connectivity index (χ1v) is 8.43. The van der Waals surface area contributed by atoms with Gasteiger partial charge in [-0.3, -0.25) is 20.4 Å². The van der Waals surface area contributed by atoms with Crippen LogP contribution >= 0.6 is 27.5 Å². The Balaban J connectivity index is 1.84. The van der Waals surface area contributed by atoms with Crippen LogP contribution in [0, 0.1) is 0 Å². The van der Waals surface area contributed by atoms with Crippen molar-refractivity contribution in [3.63, 3.8) is 0 Å². The highest BCUT2D eigenvalue weighted by Crippen LogP contribution is 2.26. The number of halogens is 2. The molecule has 126 valence electrons. The van der Waals surface area contributed by atoms with Gasteiger partial charge in [0.2, 0.25) is 0 Å². The van der Waals surface area contributed by atoms with Gasteiger partial charge in [-0.15, -0.1) is 0 Å². The second-order valence-electron chi connectivity index (χ2n) is 4.89. The van der Waals surface area contributed by atoms with E-state index in [9.17, 15) is 9.59 Å². The molecule has 0 radical (unpaired) electrons. The highest BCUT2D eigenvalue weighted by molar-refractivity contribution is 9.10. The molecule has 7 heteroatoms. The molecule has 0 unspecified atom stereocenters. The van der Waals surface area contributed by atoms with Crippen LogP contribution in [0.1, 0.15) is 22.8 Å². The van der Waals surface area contributed by atoms with Crippen LogP contribution in [0.2, 0.25) is 5.02 Å². The number of amides is 2. The molecule has 24 heavy (non-hydrogen) atoms. The largest absolute Gasteiger partial charge is 0.483 e. The van der Waals surface area contributed by atoms with E-state index < -0.39 is 11.8 Å². The van der Waals surface area contributed by atoms with Gasteiger partial charge in [0.1, 0.15) is 5.75 Å². The monoisotopic (exact) mass is 410 g/mol. The molecule has 0 saturated heterocycles. The van der Waals surface area contributed by atoms with Crippen LogP contribution < -0.4 is 15.6 Å². The highest BCUT2D eigenvalue weighted by Gasteiger charge is 2.11. The summed E-state index contributed by atoms with van der Waals surface area (Å²) in [4.78, 5) is 23.7. The number of benzene rings is 2. The van der Waals surface area contributed by atoms with Gasteiger partial charge in [-0.25, -0.2) is 0 Å². The van der Waals surface area contributed by atoms with Crippen LogP contribution in [0.3, 0.4) is 0 Å². The van der Waals surface area contributed by atoms with Crippen LogP contribution in [-0.2, 0) is 11.2 Å². The van der Waals surface area contributed by atoms with Gasteiger partial charge in [0.25, 0.3) is 11.8 Å². The lowest BCUT2D eigenvalue weighted by Gasteiger charge is -2.11. The molecular weight excluding hydrogens is 396 g/mol. The number of aryl methyl sites for hydroxylation is 1. The molecule has 0 aliphatic heterocycles. The third-order valence-corrected chi connectivity index (χ3v) is 4.15. The van der Waals surface area contributed by atoms with Crippen molar-refractivity contribution in [2.24, 2.45) is 0 Å². The summed E-state index contributed by atoms with van der Waals surface area (Å²) < 4.78 is 6.20. The third kappa shape index (κ3) is 4.97. The first kappa shape index (κ1) is 18.3. The summed E-state index contributed by atoms with van der Waals surface area (Å²) in [7, 11) is 0. The fraction of sp³-hybridized carbons (Fsp3) is 0.176. The van der Waals surface area contributed by atoms with E-state index in [0.717, 1.165) is 16.5 Å². The summed E-state index contributed by atoms with van der Waals surface area (Å²) in [6, 6.07) is 12.2. The summed E-state index contributed by atoms with van der Waals surface area (Å²) in [5.74, 6) is -0.427. The molecule has 2 amide bonds. The van der Waals surface area contributed by atoms with Crippen LogP contribution in [0.25, 0.3) is 0 Å². The Morgan fingerprint density at radius 1 is 1.17 bits per heavy atom. The molecule has 0 aliphatic rings. The van der Waals surface area contributed by atoms with Crippen LogP contribution in [0.15, 0.2) is 46.9 Å². The zero-order valence-electron chi connectivity index (χ0n) is 12.9. The van der Waals surface area contributed by atoms with E-state index in [4.69, 9.17) is 16.3 Å². The average molecular weight is 412 g/mol. The molecule has 2 aromatic rings. The molecule has 5 nitrogen and oxygen atoms in total. The molecular formula is C17H16BrClN2O3. The second kappa shape index (κ2) is 8.70. The minimum atomic E-state index is -0.498. The predicted octanol–water partition coefficient (Wildman–Crippen LogP) is 3.50. The maximum Gasteiger partial charge on any atom is 0.276 e. The Hall–Kier alpha value is -2.05. The number of nitrogens with one attached hydrogen (secondary N) is 2. The maximum absolute atomic E-state index is 11.9. The van der Waals surface area contributed by atoms with E-state index in [2.05, 4.69) is 33.7 Å². The average Bonchev–Trinajstić information content (AvgIpc) is 2.58. The van der Waals surface area contributed by atoms with Gasteiger partial charge in [0.05, 0.1) is 15.1 Å². The first-order valence-electron chi connectivity index (χ1n) is 7.26. The zero-order chi connectivity index (χ0) is 17.5. The number of carbonyl (C=O) groups excluding carboxylic acids is 2. The van der Waals surface area contributed by atoms with Crippen molar-refractivity contribution in [1.29, 1.82) is 0 Å². The van der Waals surface area contributed by atoms with Crippen LogP contribution in [0.5, 0.6) is 5.75 Å². The van der Waals surface area contributed by atoms with Crippen molar-refractivity contribution in [2.45, 2.75) is 13.3 Å².